The SMILES string of the molecule is CCCCCCCCCCCN(CCCCCCCCCCC)C(=S)[S-].CCCCCCCCCCCN(CCCCCCCCCCC)C(=S)[S-].CCCCCCCCCCCN(CCCCCCCCCCC)C(=S)[S-].[Sb+3]. The number of rotatable bonds is 60. The molecule has 0 aliphatic rings. The van der Waals surface area contributed by atoms with Crippen LogP contribution in [0.1, 0.15) is 388 Å². The molecule has 79 heavy (non-hydrogen) atoms. The van der Waals surface area contributed by atoms with Gasteiger partial charge in [0.15, 0.2) is 0 Å². The van der Waals surface area contributed by atoms with Gasteiger partial charge in [-0.3, -0.25) is 0 Å². The minimum Gasteiger partial charge on any atom is -0.411 e. The van der Waals surface area contributed by atoms with Gasteiger partial charge in [0.1, 0.15) is 0 Å². The van der Waals surface area contributed by atoms with Crippen molar-refractivity contribution in [3.8, 4) is 0 Å². The maximum Gasteiger partial charge on any atom is 3.00 e. The summed E-state index contributed by atoms with van der Waals surface area (Å²) in [6, 6.07) is 0. The van der Waals surface area contributed by atoms with Gasteiger partial charge in [-0.05, 0) is 38.5 Å². The molecule has 2 radical (unpaired) electrons. The van der Waals surface area contributed by atoms with E-state index in [-0.39, 0.29) is 24.4 Å². The van der Waals surface area contributed by atoms with Gasteiger partial charge < -0.3 is 89.2 Å². The molecule has 0 N–H and O–H groups in total. The molecule has 0 amide bonds. The second-order valence-corrected chi connectivity index (χ2v) is 26.8. The molecule has 0 aliphatic heterocycles. The third kappa shape index (κ3) is 75.2. The van der Waals surface area contributed by atoms with Crippen LogP contribution in [0.15, 0.2) is 0 Å². The molecule has 0 saturated carbocycles. The minimum absolute atomic E-state index is 0. The number of hydrogen-bond donors (Lipinski definition) is 0. The second kappa shape index (κ2) is 77.2. The van der Waals surface area contributed by atoms with Gasteiger partial charge in [0.05, 0.1) is 0 Å². The fourth-order valence-electron chi connectivity index (χ4n) is 10.6. The van der Waals surface area contributed by atoms with Gasteiger partial charge in [0.25, 0.3) is 0 Å². The quantitative estimate of drug-likeness (QED) is 0.0253. The average molecular weight is 1320 g/mol. The van der Waals surface area contributed by atoms with Crippen molar-refractivity contribution < 1.29 is 0 Å². The van der Waals surface area contributed by atoms with Crippen LogP contribution in [0.3, 0.4) is 0 Å². The van der Waals surface area contributed by atoms with E-state index in [1.165, 1.54) is 347 Å². The van der Waals surface area contributed by atoms with Crippen molar-refractivity contribution in [3.63, 3.8) is 0 Å². The number of hydrogen-bond acceptors (Lipinski definition) is 6. The van der Waals surface area contributed by atoms with Gasteiger partial charge in [-0.1, -0.05) is 363 Å². The van der Waals surface area contributed by atoms with E-state index in [9.17, 15) is 0 Å². The van der Waals surface area contributed by atoms with Crippen LogP contribution in [0.4, 0.5) is 0 Å². The normalized spacial score (nSPS) is 10.9. The van der Waals surface area contributed by atoms with Crippen molar-refractivity contribution in [2.24, 2.45) is 0 Å². The van der Waals surface area contributed by atoms with Crippen molar-refractivity contribution in [3.05, 3.63) is 0 Å². The molecule has 0 bridgehead atoms. The summed E-state index contributed by atoms with van der Waals surface area (Å²) in [6.07, 6.45) is 74.3. The second-order valence-electron chi connectivity index (χ2n) is 23.7. The topological polar surface area (TPSA) is 9.72 Å². The first-order valence-corrected chi connectivity index (χ1v) is 37.5. The van der Waals surface area contributed by atoms with Gasteiger partial charge in [-0.2, -0.15) is 0 Å². The van der Waals surface area contributed by atoms with Crippen LogP contribution in [0.25, 0.3) is 0 Å². The first-order chi connectivity index (χ1) is 38.2. The van der Waals surface area contributed by atoms with Gasteiger partial charge in [0, 0.05) is 39.3 Å². The average Bonchev–Trinajstić information content (AvgIpc) is 3.42. The van der Waals surface area contributed by atoms with Crippen molar-refractivity contribution in [1.82, 2.24) is 14.7 Å². The van der Waals surface area contributed by atoms with Gasteiger partial charge in [-0.25, -0.2) is 0 Å². The minimum atomic E-state index is 0. The van der Waals surface area contributed by atoms with Crippen LogP contribution in [-0.2, 0) is 37.9 Å². The summed E-state index contributed by atoms with van der Waals surface area (Å²) < 4.78 is 2.05. The number of nitrogens with zero attached hydrogens (tertiary/aromatic N) is 3. The summed E-state index contributed by atoms with van der Waals surface area (Å²) in [4.78, 5) is 6.81. The molecule has 0 rings (SSSR count). The first-order valence-electron chi connectivity index (χ1n) is 35.0. The van der Waals surface area contributed by atoms with Crippen LogP contribution < -0.4 is 0 Å². The van der Waals surface area contributed by atoms with Gasteiger partial charge >= 0.3 is 24.4 Å². The summed E-state index contributed by atoms with van der Waals surface area (Å²) in [7, 11) is 0. The van der Waals surface area contributed by atoms with E-state index in [2.05, 4.69) is 56.2 Å². The summed E-state index contributed by atoms with van der Waals surface area (Å²) in [5.41, 5.74) is 0. The summed E-state index contributed by atoms with van der Waals surface area (Å²) in [5.74, 6) is 0. The van der Waals surface area contributed by atoms with Crippen LogP contribution in [0.5, 0.6) is 0 Å². The van der Waals surface area contributed by atoms with Crippen molar-refractivity contribution in [2.45, 2.75) is 388 Å². The zero-order valence-corrected chi connectivity index (χ0v) is 61.6. The van der Waals surface area contributed by atoms with Crippen LogP contribution >= 0.6 is 36.7 Å². The molecule has 470 valence electrons. The van der Waals surface area contributed by atoms with Crippen LogP contribution in [-0.4, -0.2) is 91.4 Å². The Kier molecular flexibility index (Phi) is 84.6. The van der Waals surface area contributed by atoms with Crippen molar-refractivity contribution in [2.75, 3.05) is 39.3 Å². The zero-order chi connectivity index (χ0) is 57.9. The maximum atomic E-state index is 5.28. The Morgan fingerprint density at radius 2 is 0.278 bits per heavy atom. The standard InChI is InChI=1S/3C23H47NS2.Sb/c3*1-3-5-7-9-11-13-15-17-19-21-24(23(25)26)22-20-18-16-14-12-10-8-6-4-2;/h3*3-22H2,1-2H3,(H,25,26);/q;;;+3/p-3. The van der Waals surface area contributed by atoms with Crippen molar-refractivity contribution in [1.29, 1.82) is 0 Å². The predicted octanol–water partition coefficient (Wildman–Crippen LogP) is 24.2. The summed E-state index contributed by atoms with van der Waals surface area (Å²) >= 11 is 31.7. The monoisotopic (exact) mass is 1320 g/mol. The largest absolute Gasteiger partial charge is 3.00 e. The van der Waals surface area contributed by atoms with E-state index in [4.69, 9.17) is 74.5 Å². The van der Waals surface area contributed by atoms with E-state index in [0.717, 1.165) is 39.3 Å². The Balaban J connectivity index is -0.000000531. The summed E-state index contributed by atoms with van der Waals surface area (Å²) in [5, 5.41) is 0. The first kappa shape index (κ1) is 86.6. The Hall–Kier alpha value is 1.15. The molecule has 0 aliphatic carbocycles. The molecule has 0 fully saturated rings. The molecular weight excluding hydrogens is 1180 g/mol. The predicted molar refractivity (Wildman–Crippen MR) is 384 cm³/mol. The molecule has 0 saturated heterocycles. The van der Waals surface area contributed by atoms with E-state index in [0.29, 0.717) is 13.0 Å². The number of thiocarbonyl (C=S) groups is 3. The van der Waals surface area contributed by atoms with Crippen molar-refractivity contribution >= 4 is 112 Å². The van der Waals surface area contributed by atoms with Gasteiger partial charge in [-0.15, -0.1) is 0 Å². The third-order valence-electron chi connectivity index (χ3n) is 16.0. The van der Waals surface area contributed by atoms with E-state index < -0.39 is 0 Å². The molecule has 0 spiro atoms. The third-order valence-corrected chi connectivity index (χ3v) is 17.5. The van der Waals surface area contributed by atoms with Gasteiger partial charge in [0.2, 0.25) is 0 Å². The fourth-order valence-corrected chi connectivity index (χ4v) is 11.7. The van der Waals surface area contributed by atoms with E-state index in [1.54, 1.807) is 0 Å². The Labute approximate surface area is 549 Å². The molecular formula is C69H138N3S6Sb. The number of unbranched alkanes of at least 4 members (excludes halogenated alkanes) is 48. The molecule has 0 unspecified atom stereocenters. The zero-order valence-electron chi connectivity index (χ0n) is 54.2. The molecule has 0 aromatic carbocycles. The molecule has 0 heterocycles. The van der Waals surface area contributed by atoms with Crippen LogP contribution in [0, 0.1) is 0 Å². The molecule has 0 atom stereocenters. The maximum absolute atomic E-state index is 5.28. The molecule has 0 aromatic rings. The van der Waals surface area contributed by atoms with Crippen LogP contribution in [0.2, 0.25) is 0 Å². The molecule has 0 aromatic heterocycles. The smallest absolute Gasteiger partial charge is 0.411 e. The Morgan fingerprint density at radius 3 is 0.367 bits per heavy atom. The van der Waals surface area contributed by atoms with E-state index in [1.807, 2.05) is 0 Å². The Bertz CT molecular complexity index is 961. The molecule has 10 heteroatoms. The fraction of sp³-hybridized carbons (Fsp3) is 0.957. The Morgan fingerprint density at radius 1 is 0.190 bits per heavy atom. The summed E-state index contributed by atoms with van der Waals surface area (Å²) in [6.45, 7) is 20.2. The molecule has 3 nitrogen and oxygen atoms in total. The van der Waals surface area contributed by atoms with E-state index >= 15 is 0 Å².